The summed E-state index contributed by atoms with van der Waals surface area (Å²) in [5.41, 5.74) is 5.24. The zero-order chi connectivity index (χ0) is 18.9. The second kappa shape index (κ2) is 6.74. The number of ether oxygens (including phenoxy) is 1. The standard InChI is InChI=1S/C22H19N5O/c1-2-14-8-10-18-21(24-14)20(13-23-18)27-22-25-17-11-9-16(12-19(17)26-22)28-15-6-4-3-5-7-15/h2,4,6-13,23H,1,3,5H2,(H2,25,26,27). The van der Waals surface area contributed by atoms with E-state index >= 15 is 0 Å². The largest absolute Gasteiger partial charge is 0.458 e. The molecule has 6 heteroatoms. The van der Waals surface area contributed by atoms with E-state index in [9.17, 15) is 0 Å². The van der Waals surface area contributed by atoms with Crippen molar-refractivity contribution in [2.45, 2.75) is 12.8 Å². The van der Waals surface area contributed by atoms with E-state index in [0.717, 1.165) is 57.8 Å². The maximum atomic E-state index is 5.94. The lowest BCUT2D eigenvalue weighted by Crippen LogP contribution is -1.94. The molecule has 0 amide bonds. The van der Waals surface area contributed by atoms with Crippen molar-refractivity contribution >= 4 is 39.8 Å². The summed E-state index contributed by atoms with van der Waals surface area (Å²) in [6.07, 6.45) is 11.9. The Balaban J connectivity index is 1.43. The fourth-order valence-corrected chi connectivity index (χ4v) is 3.26. The first-order valence-electron chi connectivity index (χ1n) is 9.20. The molecule has 0 saturated carbocycles. The van der Waals surface area contributed by atoms with Gasteiger partial charge in [0.15, 0.2) is 0 Å². The summed E-state index contributed by atoms with van der Waals surface area (Å²) in [6.45, 7) is 3.78. The molecule has 0 spiro atoms. The quantitative estimate of drug-likeness (QED) is 0.438. The number of fused-ring (bicyclic) bond motifs is 2. The van der Waals surface area contributed by atoms with Gasteiger partial charge in [-0.05, 0) is 55.3 Å². The van der Waals surface area contributed by atoms with Gasteiger partial charge in [-0.25, -0.2) is 9.97 Å². The lowest BCUT2D eigenvalue weighted by Gasteiger charge is -2.09. The normalized spacial score (nSPS) is 13.6. The van der Waals surface area contributed by atoms with Gasteiger partial charge in [-0.1, -0.05) is 12.7 Å². The number of H-pyrrole nitrogens is 2. The molecule has 0 saturated heterocycles. The first-order chi connectivity index (χ1) is 13.8. The van der Waals surface area contributed by atoms with Crippen LogP contribution >= 0.6 is 0 Å². The van der Waals surface area contributed by atoms with Gasteiger partial charge >= 0.3 is 0 Å². The molecule has 0 fully saturated rings. The summed E-state index contributed by atoms with van der Waals surface area (Å²) in [7, 11) is 0. The molecular weight excluding hydrogens is 350 g/mol. The van der Waals surface area contributed by atoms with Crippen molar-refractivity contribution in [2.75, 3.05) is 5.32 Å². The summed E-state index contributed by atoms with van der Waals surface area (Å²) >= 11 is 0. The van der Waals surface area contributed by atoms with Crippen LogP contribution in [0.2, 0.25) is 0 Å². The van der Waals surface area contributed by atoms with Gasteiger partial charge in [0.1, 0.15) is 17.0 Å². The van der Waals surface area contributed by atoms with E-state index in [1.807, 2.05) is 42.6 Å². The Bertz CT molecular complexity index is 1240. The van der Waals surface area contributed by atoms with Crippen LogP contribution in [-0.4, -0.2) is 19.9 Å². The van der Waals surface area contributed by atoms with Crippen molar-refractivity contribution in [3.8, 4) is 5.75 Å². The third-order valence-electron chi connectivity index (χ3n) is 4.66. The SMILES string of the molecule is C=Cc1ccc2[nH]cc(Nc3nc4ccc(OC5=CCCC=C5)cc4[nH]3)c2n1. The van der Waals surface area contributed by atoms with E-state index < -0.39 is 0 Å². The topological polar surface area (TPSA) is 78.6 Å². The fourth-order valence-electron chi connectivity index (χ4n) is 3.26. The molecule has 0 bridgehead atoms. The number of benzene rings is 1. The zero-order valence-electron chi connectivity index (χ0n) is 15.2. The van der Waals surface area contributed by atoms with E-state index in [1.54, 1.807) is 6.08 Å². The highest BCUT2D eigenvalue weighted by Gasteiger charge is 2.10. The van der Waals surface area contributed by atoms with E-state index in [1.165, 1.54) is 0 Å². The highest BCUT2D eigenvalue weighted by molar-refractivity contribution is 5.91. The van der Waals surface area contributed by atoms with Crippen LogP contribution in [0.1, 0.15) is 18.5 Å². The average Bonchev–Trinajstić information content (AvgIpc) is 3.32. The number of aromatic amines is 2. The van der Waals surface area contributed by atoms with Gasteiger partial charge in [0.05, 0.1) is 27.9 Å². The highest BCUT2D eigenvalue weighted by Crippen LogP contribution is 2.27. The number of aromatic nitrogens is 4. The number of hydrogen-bond donors (Lipinski definition) is 3. The van der Waals surface area contributed by atoms with Gasteiger partial charge in [0.25, 0.3) is 0 Å². The van der Waals surface area contributed by atoms with Crippen LogP contribution < -0.4 is 10.1 Å². The minimum absolute atomic E-state index is 0.649. The third-order valence-corrected chi connectivity index (χ3v) is 4.66. The van der Waals surface area contributed by atoms with Crippen LogP contribution in [0.5, 0.6) is 5.75 Å². The number of nitrogens with zero attached hydrogens (tertiary/aromatic N) is 2. The summed E-state index contributed by atoms with van der Waals surface area (Å²) in [4.78, 5) is 15.7. The van der Waals surface area contributed by atoms with E-state index in [2.05, 4.69) is 44.0 Å². The van der Waals surface area contributed by atoms with Gasteiger partial charge in [-0.15, -0.1) is 0 Å². The van der Waals surface area contributed by atoms with Gasteiger partial charge in [0.2, 0.25) is 5.95 Å². The molecule has 0 atom stereocenters. The van der Waals surface area contributed by atoms with E-state index in [0.29, 0.717) is 5.95 Å². The lowest BCUT2D eigenvalue weighted by molar-refractivity contribution is 0.439. The first-order valence-corrected chi connectivity index (χ1v) is 9.20. The lowest BCUT2D eigenvalue weighted by atomic mass is 10.2. The van der Waals surface area contributed by atoms with Crippen molar-refractivity contribution in [3.05, 3.63) is 72.8 Å². The van der Waals surface area contributed by atoms with Gasteiger partial charge in [-0.3, -0.25) is 0 Å². The van der Waals surface area contributed by atoms with E-state index in [-0.39, 0.29) is 0 Å². The minimum atomic E-state index is 0.649. The number of allylic oxidation sites excluding steroid dienone is 3. The smallest absolute Gasteiger partial charge is 0.205 e. The van der Waals surface area contributed by atoms with Crippen molar-refractivity contribution in [3.63, 3.8) is 0 Å². The molecule has 4 aromatic rings. The number of nitrogens with one attached hydrogen (secondary N) is 3. The van der Waals surface area contributed by atoms with Crippen LogP contribution in [-0.2, 0) is 0 Å². The molecule has 3 aromatic heterocycles. The first kappa shape index (κ1) is 16.4. The highest BCUT2D eigenvalue weighted by atomic mass is 16.5. The number of imidazole rings is 1. The Labute approximate surface area is 161 Å². The molecule has 28 heavy (non-hydrogen) atoms. The van der Waals surface area contributed by atoms with Crippen molar-refractivity contribution in [2.24, 2.45) is 0 Å². The molecule has 1 aromatic carbocycles. The Kier molecular flexibility index (Phi) is 3.94. The Morgan fingerprint density at radius 3 is 2.93 bits per heavy atom. The monoisotopic (exact) mass is 369 g/mol. The molecule has 3 heterocycles. The molecule has 138 valence electrons. The molecular formula is C22H19N5O. The molecule has 3 N–H and O–H groups in total. The predicted octanol–water partition coefficient (Wildman–Crippen LogP) is 5.44. The van der Waals surface area contributed by atoms with Crippen LogP contribution in [0.15, 0.2) is 67.1 Å². The Morgan fingerprint density at radius 1 is 1.11 bits per heavy atom. The third kappa shape index (κ3) is 3.05. The van der Waals surface area contributed by atoms with Crippen LogP contribution in [0, 0.1) is 0 Å². The Morgan fingerprint density at radius 2 is 2.07 bits per heavy atom. The van der Waals surface area contributed by atoms with Gasteiger partial charge < -0.3 is 20.0 Å². The minimum Gasteiger partial charge on any atom is -0.458 e. The van der Waals surface area contributed by atoms with Crippen molar-refractivity contribution < 1.29 is 4.74 Å². The van der Waals surface area contributed by atoms with Crippen LogP contribution in [0.3, 0.4) is 0 Å². The van der Waals surface area contributed by atoms with E-state index in [4.69, 9.17) is 4.74 Å². The zero-order valence-corrected chi connectivity index (χ0v) is 15.2. The number of anilines is 2. The molecule has 0 unspecified atom stereocenters. The summed E-state index contributed by atoms with van der Waals surface area (Å²) in [6, 6.07) is 9.75. The molecule has 0 aliphatic heterocycles. The Hall–Kier alpha value is -3.80. The second-order valence-electron chi connectivity index (χ2n) is 6.62. The summed E-state index contributed by atoms with van der Waals surface area (Å²) in [5.74, 6) is 2.31. The maximum absolute atomic E-state index is 5.94. The second-order valence-corrected chi connectivity index (χ2v) is 6.62. The van der Waals surface area contributed by atoms with Crippen molar-refractivity contribution in [1.82, 2.24) is 19.9 Å². The average molecular weight is 369 g/mol. The fraction of sp³-hybridized carbons (Fsp3) is 0.0909. The number of rotatable bonds is 5. The van der Waals surface area contributed by atoms with Gasteiger partial charge in [0, 0.05) is 12.3 Å². The molecule has 0 radical (unpaired) electrons. The molecule has 1 aliphatic carbocycles. The van der Waals surface area contributed by atoms with Crippen molar-refractivity contribution in [1.29, 1.82) is 0 Å². The van der Waals surface area contributed by atoms with Crippen LogP contribution in [0.25, 0.3) is 28.1 Å². The molecule has 1 aliphatic rings. The number of hydrogen-bond acceptors (Lipinski definition) is 4. The summed E-state index contributed by atoms with van der Waals surface area (Å²) in [5, 5.41) is 3.31. The predicted molar refractivity (Wildman–Crippen MR) is 113 cm³/mol. The maximum Gasteiger partial charge on any atom is 0.205 e. The molecule has 5 rings (SSSR count). The number of pyridine rings is 1. The molecule has 6 nitrogen and oxygen atoms in total. The summed E-state index contributed by atoms with van der Waals surface area (Å²) < 4.78 is 5.94. The van der Waals surface area contributed by atoms with Gasteiger partial charge in [-0.2, -0.15) is 0 Å². The van der Waals surface area contributed by atoms with Crippen LogP contribution in [0.4, 0.5) is 11.6 Å².